The Morgan fingerprint density at radius 3 is 2.92 bits per heavy atom. The maximum atomic E-state index is 13.5. The number of fused-ring (bicyclic) bond motifs is 4. The van der Waals surface area contributed by atoms with Gasteiger partial charge in [0.15, 0.2) is 5.76 Å². The maximum Gasteiger partial charge on any atom is 0.290 e. The van der Waals surface area contributed by atoms with E-state index in [-0.39, 0.29) is 11.7 Å². The molecule has 4 aromatic rings. The van der Waals surface area contributed by atoms with E-state index in [1.807, 2.05) is 17.0 Å². The number of rotatable bonds is 1. The van der Waals surface area contributed by atoms with Crippen LogP contribution in [0.4, 0.5) is 4.39 Å². The van der Waals surface area contributed by atoms with Crippen molar-refractivity contribution in [2.75, 3.05) is 6.54 Å². The Kier molecular flexibility index (Phi) is 3.19. The second-order valence-corrected chi connectivity index (χ2v) is 6.80. The minimum atomic E-state index is -0.332. The van der Waals surface area contributed by atoms with Crippen molar-refractivity contribution in [3.63, 3.8) is 0 Å². The highest BCUT2D eigenvalue weighted by Gasteiger charge is 2.28. The number of aromatic amines is 1. The number of carbonyl (C=O) groups excluding carboxylic acids is 1. The summed E-state index contributed by atoms with van der Waals surface area (Å²) in [7, 11) is 0. The van der Waals surface area contributed by atoms with E-state index in [0.29, 0.717) is 35.4 Å². The number of halogens is 1. The summed E-state index contributed by atoms with van der Waals surface area (Å²) in [5.41, 5.74) is 4.69. The third-order valence-corrected chi connectivity index (χ3v) is 5.26. The lowest BCUT2D eigenvalue weighted by Crippen LogP contribution is -2.35. The first-order valence-corrected chi connectivity index (χ1v) is 8.68. The van der Waals surface area contributed by atoms with Crippen molar-refractivity contribution in [3.8, 4) is 0 Å². The van der Waals surface area contributed by atoms with Gasteiger partial charge in [0, 0.05) is 52.6 Å². The van der Waals surface area contributed by atoms with E-state index in [0.717, 1.165) is 17.3 Å². The van der Waals surface area contributed by atoms with Crippen LogP contribution in [0.25, 0.3) is 21.9 Å². The van der Waals surface area contributed by atoms with Gasteiger partial charge in [-0.25, -0.2) is 4.39 Å². The van der Waals surface area contributed by atoms with Crippen LogP contribution in [0, 0.1) is 12.7 Å². The van der Waals surface area contributed by atoms with E-state index in [9.17, 15) is 9.18 Å². The molecule has 1 aliphatic rings. The number of carbonyl (C=O) groups is 1. The molecule has 0 bridgehead atoms. The van der Waals surface area contributed by atoms with Crippen LogP contribution < -0.4 is 0 Å². The molecular weight excluding hydrogens is 331 g/mol. The van der Waals surface area contributed by atoms with Crippen molar-refractivity contribution < 1.29 is 13.6 Å². The molecule has 0 radical (unpaired) electrons. The molecule has 0 atom stereocenters. The molecular formula is C21H17FN2O2. The van der Waals surface area contributed by atoms with Crippen LogP contribution in [-0.2, 0) is 13.0 Å². The normalized spacial score (nSPS) is 14.2. The Hall–Kier alpha value is -3.08. The van der Waals surface area contributed by atoms with Gasteiger partial charge in [-0.05, 0) is 31.2 Å². The van der Waals surface area contributed by atoms with Crippen molar-refractivity contribution in [3.05, 3.63) is 70.9 Å². The molecule has 1 aliphatic heterocycles. The lowest BCUT2D eigenvalue weighted by atomic mass is 10.0. The maximum absolute atomic E-state index is 13.5. The van der Waals surface area contributed by atoms with Gasteiger partial charge in [0.05, 0.1) is 0 Å². The summed E-state index contributed by atoms with van der Waals surface area (Å²) < 4.78 is 19.3. The van der Waals surface area contributed by atoms with Crippen LogP contribution in [0.5, 0.6) is 0 Å². The first-order valence-electron chi connectivity index (χ1n) is 8.68. The van der Waals surface area contributed by atoms with Gasteiger partial charge in [0.1, 0.15) is 11.4 Å². The smallest absolute Gasteiger partial charge is 0.290 e. The molecule has 26 heavy (non-hydrogen) atoms. The number of hydrogen-bond donors (Lipinski definition) is 1. The predicted octanol–water partition coefficient (Wildman–Crippen LogP) is 4.56. The molecule has 0 aliphatic carbocycles. The van der Waals surface area contributed by atoms with Gasteiger partial charge in [-0.2, -0.15) is 0 Å². The Morgan fingerprint density at radius 1 is 1.19 bits per heavy atom. The number of furan rings is 1. The third-order valence-electron chi connectivity index (χ3n) is 5.26. The standard InChI is InChI=1S/C21H17FN2O2/c1-12-15-10-13(22)6-7-19(15)26-20(12)21(25)24-9-8-18-16(11-24)14-4-2-3-5-17(14)23-18/h2-7,10,23H,8-9,11H2,1H3. The van der Waals surface area contributed by atoms with Crippen LogP contribution in [0.2, 0.25) is 0 Å². The van der Waals surface area contributed by atoms with E-state index >= 15 is 0 Å². The van der Waals surface area contributed by atoms with E-state index in [2.05, 4.69) is 17.1 Å². The fourth-order valence-corrected chi connectivity index (χ4v) is 3.88. The Balaban J connectivity index is 1.53. The van der Waals surface area contributed by atoms with Crippen molar-refractivity contribution in [2.24, 2.45) is 0 Å². The lowest BCUT2D eigenvalue weighted by molar-refractivity contribution is 0.0704. The highest BCUT2D eigenvalue weighted by atomic mass is 19.1. The lowest BCUT2D eigenvalue weighted by Gasteiger charge is -2.26. The molecule has 5 rings (SSSR count). The highest BCUT2D eigenvalue weighted by molar-refractivity contribution is 5.99. The van der Waals surface area contributed by atoms with Gasteiger partial charge in [-0.3, -0.25) is 4.79 Å². The number of para-hydroxylation sites is 1. The number of nitrogens with one attached hydrogen (secondary N) is 1. The van der Waals surface area contributed by atoms with E-state index in [1.165, 1.54) is 23.4 Å². The SMILES string of the molecule is Cc1c(C(=O)N2CCc3[nH]c4ccccc4c3C2)oc2ccc(F)cc12. The molecule has 4 nitrogen and oxygen atoms in total. The van der Waals surface area contributed by atoms with Gasteiger partial charge >= 0.3 is 0 Å². The van der Waals surface area contributed by atoms with Gasteiger partial charge < -0.3 is 14.3 Å². The number of amides is 1. The average Bonchev–Trinajstić information content (AvgIpc) is 3.19. The molecule has 1 amide bonds. The van der Waals surface area contributed by atoms with Crippen LogP contribution >= 0.6 is 0 Å². The minimum absolute atomic E-state index is 0.143. The Morgan fingerprint density at radius 2 is 2.04 bits per heavy atom. The molecule has 0 spiro atoms. The largest absolute Gasteiger partial charge is 0.451 e. The molecule has 5 heteroatoms. The topological polar surface area (TPSA) is 49.2 Å². The zero-order valence-corrected chi connectivity index (χ0v) is 14.3. The van der Waals surface area contributed by atoms with E-state index in [4.69, 9.17) is 4.42 Å². The van der Waals surface area contributed by atoms with Gasteiger partial charge in [-0.15, -0.1) is 0 Å². The Bertz CT molecular complexity index is 1170. The minimum Gasteiger partial charge on any atom is -0.451 e. The monoisotopic (exact) mass is 348 g/mol. The molecule has 1 N–H and O–H groups in total. The van der Waals surface area contributed by atoms with Crippen molar-refractivity contribution >= 4 is 27.8 Å². The van der Waals surface area contributed by atoms with Crippen LogP contribution in [-0.4, -0.2) is 22.3 Å². The molecule has 0 fully saturated rings. The van der Waals surface area contributed by atoms with Crippen LogP contribution in [0.1, 0.15) is 27.4 Å². The molecule has 2 aromatic heterocycles. The molecule has 0 saturated carbocycles. The average molecular weight is 348 g/mol. The van der Waals surface area contributed by atoms with E-state index in [1.54, 1.807) is 13.0 Å². The summed E-state index contributed by atoms with van der Waals surface area (Å²) in [5.74, 6) is -0.175. The summed E-state index contributed by atoms with van der Waals surface area (Å²) in [4.78, 5) is 18.3. The van der Waals surface area contributed by atoms with Gasteiger partial charge in [0.25, 0.3) is 5.91 Å². The molecule has 0 unspecified atom stereocenters. The number of hydrogen-bond acceptors (Lipinski definition) is 2. The number of H-pyrrole nitrogens is 1. The number of aromatic nitrogens is 1. The van der Waals surface area contributed by atoms with Gasteiger partial charge in [0.2, 0.25) is 0 Å². The van der Waals surface area contributed by atoms with Crippen molar-refractivity contribution in [1.82, 2.24) is 9.88 Å². The number of aryl methyl sites for hydroxylation is 1. The van der Waals surface area contributed by atoms with Gasteiger partial charge in [-0.1, -0.05) is 18.2 Å². The second-order valence-electron chi connectivity index (χ2n) is 6.80. The highest BCUT2D eigenvalue weighted by Crippen LogP contribution is 2.31. The second kappa shape index (κ2) is 5.46. The van der Waals surface area contributed by atoms with Crippen molar-refractivity contribution in [1.29, 1.82) is 0 Å². The fraction of sp³-hybridized carbons (Fsp3) is 0.190. The third kappa shape index (κ3) is 2.17. The van der Waals surface area contributed by atoms with Crippen LogP contribution in [0.15, 0.2) is 46.9 Å². The van der Waals surface area contributed by atoms with E-state index < -0.39 is 0 Å². The molecule has 0 saturated heterocycles. The van der Waals surface area contributed by atoms with Crippen LogP contribution in [0.3, 0.4) is 0 Å². The van der Waals surface area contributed by atoms with Crippen molar-refractivity contribution in [2.45, 2.75) is 19.9 Å². The summed E-state index contributed by atoms with van der Waals surface area (Å²) in [6.07, 6.45) is 0.781. The first-order chi connectivity index (χ1) is 12.6. The fourth-order valence-electron chi connectivity index (χ4n) is 3.88. The summed E-state index contributed by atoms with van der Waals surface area (Å²) in [6, 6.07) is 12.5. The molecule has 3 heterocycles. The predicted molar refractivity (Wildman–Crippen MR) is 97.7 cm³/mol. The summed E-state index contributed by atoms with van der Waals surface area (Å²) in [6.45, 7) is 2.98. The molecule has 130 valence electrons. The zero-order valence-electron chi connectivity index (χ0n) is 14.3. The summed E-state index contributed by atoms with van der Waals surface area (Å²) in [5, 5.41) is 1.81. The molecule has 2 aromatic carbocycles. The zero-order chi connectivity index (χ0) is 17.8. The Labute approximate surface area is 149 Å². The number of nitrogens with zero attached hydrogens (tertiary/aromatic N) is 1. The summed E-state index contributed by atoms with van der Waals surface area (Å²) >= 11 is 0. The number of benzene rings is 2. The first kappa shape index (κ1) is 15.2. The quantitative estimate of drug-likeness (QED) is 0.548.